The van der Waals surface area contributed by atoms with Crippen molar-refractivity contribution in [2.45, 2.75) is 32.9 Å². The van der Waals surface area contributed by atoms with Crippen LogP contribution in [0, 0.1) is 0 Å². The number of unbranched alkanes of at least 4 members (excludes halogenated alkanes) is 1. The van der Waals surface area contributed by atoms with Crippen molar-refractivity contribution in [3.63, 3.8) is 0 Å². The van der Waals surface area contributed by atoms with Crippen LogP contribution in [0.25, 0.3) is 10.8 Å². The second kappa shape index (κ2) is 6.72. The number of benzene rings is 2. The zero-order valence-electron chi connectivity index (χ0n) is 12.6. The highest BCUT2D eigenvalue weighted by atomic mass is 35.5. The topological polar surface area (TPSA) is 8.81 Å². The van der Waals surface area contributed by atoms with Crippen molar-refractivity contribution in [3.8, 4) is 0 Å². The Hall–Kier alpha value is -1.51. The van der Waals surface area contributed by atoms with E-state index < -0.39 is 0 Å². The Morgan fingerprint density at radius 3 is 2.59 bits per heavy atom. The third-order valence-electron chi connectivity index (χ3n) is 3.87. The van der Waals surface area contributed by atoms with Gasteiger partial charge < -0.3 is 0 Å². The Morgan fingerprint density at radius 1 is 1.05 bits per heavy atom. The minimum atomic E-state index is 0.603. The van der Waals surface area contributed by atoms with Crippen molar-refractivity contribution in [2.75, 3.05) is 0 Å². The average Bonchev–Trinajstić information content (AvgIpc) is 2.81. The molecule has 2 nitrogen and oxygen atoms in total. The fourth-order valence-electron chi connectivity index (χ4n) is 2.64. The lowest BCUT2D eigenvalue weighted by atomic mass is 10.1. The summed E-state index contributed by atoms with van der Waals surface area (Å²) in [5.41, 5.74) is 1.22. The molecule has 1 aromatic heterocycles. The first-order valence-corrected chi connectivity index (χ1v) is 8.36. The zero-order chi connectivity index (χ0) is 15.5. The number of rotatable bonds is 5. The molecule has 0 bridgehead atoms. The van der Waals surface area contributed by atoms with Crippen molar-refractivity contribution in [1.29, 1.82) is 0 Å². The second-order valence-electron chi connectivity index (χ2n) is 5.55. The second-order valence-corrected chi connectivity index (χ2v) is 6.27. The van der Waals surface area contributed by atoms with Crippen LogP contribution in [-0.2, 0) is 13.1 Å². The molecule has 0 atom stereocenters. The van der Waals surface area contributed by atoms with Gasteiger partial charge in [-0.15, -0.1) is 0 Å². The maximum Gasteiger partial charge on any atom is 0.255 e. The van der Waals surface area contributed by atoms with E-state index in [-0.39, 0.29) is 0 Å². The minimum Gasteiger partial charge on any atom is -0.219 e. The number of fused-ring (bicyclic) bond motifs is 1. The van der Waals surface area contributed by atoms with Gasteiger partial charge in [-0.1, -0.05) is 49.7 Å². The highest BCUT2D eigenvalue weighted by molar-refractivity contribution is 6.39. The monoisotopic (exact) mass is 333 g/mol. The summed E-state index contributed by atoms with van der Waals surface area (Å²) >= 11 is 12.7. The number of nitrogens with zero attached hydrogens (tertiary/aromatic N) is 2. The maximum absolute atomic E-state index is 6.37. The van der Waals surface area contributed by atoms with E-state index in [1.807, 2.05) is 15.5 Å². The van der Waals surface area contributed by atoms with Crippen molar-refractivity contribution < 1.29 is 4.57 Å². The quantitative estimate of drug-likeness (QED) is 0.575. The first-order chi connectivity index (χ1) is 10.7. The van der Waals surface area contributed by atoms with E-state index in [2.05, 4.69) is 49.4 Å². The number of imidazole rings is 1. The van der Waals surface area contributed by atoms with Crippen LogP contribution in [0.5, 0.6) is 0 Å². The molecule has 0 fully saturated rings. The molecule has 0 aliphatic carbocycles. The van der Waals surface area contributed by atoms with Gasteiger partial charge in [0.05, 0.1) is 6.54 Å². The minimum absolute atomic E-state index is 0.603. The summed E-state index contributed by atoms with van der Waals surface area (Å²) in [4.78, 5) is 0. The molecule has 4 heteroatoms. The molecule has 0 aliphatic heterocycles. The molecule has 0 saturated carbocycles. The van der Waals surface area contributed by atoms with Gasteiger partial charge in [0, 0.05) is 0 Å². The van der Waals surface area contributed by atoms with Crippen LogP contribution in [0.3, 0.4) is 0 Å². The third kappa shape index (κ3) is 3.13. The lowest BCUT2D eigenvalue weighted by Gasteiger charge is -2.02. The zero-order valence-corrected chi connectivity index (χ0v) is 14.1. The van der Waals surface area contributed by atoms with Gasteiger partial charge in [0.1, 0.15) is 6.54 Å². The highest BCUT2D eigenvalue weighted by Crippen LogP contribution is 2.20. The first-order valence-electron chi connectivity index (χ1n) is 7.60. The van der Waals surface area contributed by atoms with Crippen LogP contribution in [0.15, 0.2) is 48.8 Å². The lowest BCUT2D eigenvalue weighted by Crippen LogP contribution is -2.33. The normalized spacial score (nSPS) is 11.2. The highest BCUT2D eigenvalue weighted by Gasteiger charge is 2.19. The van der Waals surface area contributed by atoms with Crippen molar-refractivity contribution in [2.24, 2.45) is 0 Å². The fraction of sp³-hybridized carbons (Fsp3) is 0.278. The van der Waals surface area contributed by atoms with E-state index in [0.29, 0.717) is 10.3 Å². The molecule has 0 aliphatic rings. The van der Waals surface area contributed by atoms with Crippen LogP contribution in [0.1, 0.15) is 25.3 Å². The summed E-state index contributed by atoms with van der Waals surface area (Å²) in [7, 11) is 0. The van der Waals surface area contributed by atoms with Gasteiger partial charge >= 0.3 is 0 Å². The predicted octanol–water partition coefficient (Wildman–Crippen LogP) is 5.08. The van der Waals surface area contributed by atoms with Crippen molar-refractivity contribution >= 4 is 34.0 Å². The van der Waals surface area contributed by atoms with Crippen LogP contribution < -0.4 is 4.57 Å². The van der Waals surface area contributed by atoms with E-state index in [9.17, 15) is 0 Å². The van der Waals surface area contributed by atoms with E-state index in [1.54, 1.807) is 0 Å². The van der Waals surface area contributed by atoms with Crippen LogP contribution in [0.4, 0.5) is 0 Å². The number of halogens is 2. The Bertz CT molecular complexity index is 793. The Labute approximate surface area is 140 Å². The molecular weight excluding hydrogens is 315 g/mol. The molecule has 0 saturated heterocycles. The number of aryl methyl sites for hydroxylation is 1. The van der Waals surface area contributed by atoms with E-state index in [0.717, 1.165) is 25.9 Å². The summed E-state index contributed by atoms with van der Waals surface area (Å²) in [5.74, 6) is 0. The smallest absolute Gasteiger partial charge is 0.219 e. The standard InChI is InChI=1S/C18H19Cl2N2/c1-2-3-10-21-13-22(18(20)17(21)19)12-14-8-9-15-6-4-5-7-16(15)11-14/h4-9,11,13H,2-3,10,12H2,1H3/q+1. The summed E-state index contributed by atoms with van der Waals surface area (Å²) < 4.78 is 4.03. The summed E-state index contributed by atoms with van der Waals surface area (Å²) in [5, 5.41) is 3.72. The van der Waals surface area contributed by atoms with Crippen LogP contribution in [-0.4, -0.2) is 4.57 Å². The van der Waals surface area contributed by atoms with E-state index in [4.69, 9.17) is 23.2 Å². The molecule has 0 spiro atoms. The van der Waals surface area contributed by atoms with Gasteiger partial charge in [-0.25, -0.2) is 9.13 Å². The SMILES string of the molecule is CCCCn1c[n+](Cc2ccc3ccccc3c2)c(Cl)c1Cl. The Balaban J connectivity index is 1.87. The van der Waals surface area contributed by atoms with E-state index >= 15 is 0 Å². The van der Waals surface area contributed by atoms with Gasteiger partial charge in [-0.3, -0.25) is 0 Å². The molecule has 22 heavy (non-hydrogen) atoms. The van der Waals surface area contributed by atoms with Crippen LogP contribution in [0.2, 0.25) is 10.3 Å². The number of aromatic nitrogens is 2. The van der Waals surface area contributed by atoms with Gasteiger partial charge in [0.2, 0.25) is 6.33 Å². The summed E-state index contributed by atoms with van der Waals surface area (Å²) in [6.07, 6.45) is 4.24. The molecule has 3 aromatic rings. The fourth-order valence-corrected chi connectivity index (χ4v) is 3.08. The molecule has 114 valence electrons. The molecule has 1 heterocycles. The Kier molecular flexibility index (Phi) is 4.70. The third-order valence-corrected chi connectivity index (χ3v) is 4.76. The van der Waals surface area contributed by atoms with Gasteiger partial charge in [0.15, 0.2) is 0 Å². The van der Waals surface area contributed by atoms with E-state index in [1.165, 1.54) is 16.3 Å². The molecule has 3 rings (SSSR count). The average molecular weight is 334 g/mol. The van der Waals surface area contributed by atoms with Crippen LogP contribution >= 0.6 is 23.2 Å². The van der Waals surface area contributed by atoms with Gasteiger partial charge in [0.25, 0.3) is 10.3 Å². The molecule has 0 radical (unpaired) electrons. The molecule has 2 aromatic carbocycles. The van der Waals surface area contributed by atoms with Gasteiger partial charge in [-0.05, 0) is 52.0 Å². The number of hydrogen-bond acceptors (Lipinski definition) is 0. The van der Waals surface area contributed by atoms with Gasteiger partial charge in [-0.2, -0.15) is 0 Å². The molecule has 0 amide bonds. The molecule has 0 N–H and O–H groups in total. The predicted molar refractivity (Wildman–Crippen MR) is 92.6 cm³/mol. The lowest BCUT2D eigenvalue weighted by molar-refractivity contribution is -0.685. The van der Waals surface area contributed by atoms with Crippen molar-refractivity contribution in [3.05, 3.63) is 64.7 Å². The maximum atomic E-state index is 6.37. The Morgan fingerprint density at radius 2 is 1.82 bits per heavy atom. The summed E-state index contributed by atoms with van der Waals surface area (Å²) in [6.45, 7) is 3.80. The molecular formula is C18H19Cl2N2+. The largest absolute Gasteiger partial charge is 0.255 e. The number of hydrogen-bond donors (Lipinski definition) is 0. The summed E-state index contributed by atoms with van der Waals surface area (Å²) in [6, 6.07) is 14.9. The van der Waals surface area contributed by atoms with Crippen molar-refractivity contribution in [1.82, 2.24) is 4.57 Å². The first kappa shape index (κ1) is 15.4. The molecule has 0 unspecified atom stereocenters.